The summed E-state index contributed by atoms with van der Waals surface area (Å²) < 4.78 is 5.53. The fraction of sp³-hybridized carbons (Fsp3) is 0.241. The first kappa shape index (κ1) is 20.0. The Morgan fingerprint density at radius 2 is 1.21 bits per heavy atom. The number of nitrogens with zero attached hydrogens (tertiary/aromatic N) is 1. The number of carbonyl (C=O) groups is 2. The van der Waals surface area contributed by atoms with E-state index in [9.17, 15) is 9.59 Å². The van der Waals surface area contributed by atoms with Crippen molar-refractivity contribution in [2.24, 2.45) is 23.7 Å². The number of ether oxygens (including phenoxy) is 1. The topological polar surface area (TPSA) is 46.6 Å². The lowest BCUT2D eigenvalue weighted by molar-refractivity contribution is -0.123. The largest absolute Gasteiger partial charge is 0.494 e. The van der Waals surface area contributed by atoms with Crippen LogP contribution in [0.5, 0.6) is 5.75 Å². The maximum Gasteiger partial charge on any atom is 0.238 e. The quantitative estimate of drug-likeness (QED) is 0.501. The highest BCUT2D eigenvalue weighted by Gasteiger charge is 2.64. The van der Waals surface area contributed by atoms with Crippen molar-refractivity contribution in [3.8, 4) is 5.75 Å². The van der Waals surface area contributed by atoms with Crippen LogP contribution in [-0.2, 0) is 9.59 Å². The Bertz CT molecular complexity index is 1170. The Morgan fingerprint density at radius 1 is 0.727 bits per heavy atom. The summed E-state index contributed by atoms with van der Waals surface area (Å²) in [5.41, 5.74) is 5.42. The highest BCUT2D eigenvalue weighted by atomic mass is 16.5. The van der Waals surface area contributed by atoms with Crippen LogP contribution >= 0.6 is 0 Å². The van der Waals surface area contributed by atoms with Crippen molar-refractivity contribution in [1.82, 2.24) is 0 Å². The maximum atomic E-state index is 13.7. The lowest BCUT2D eigenvalue weighted by Crippen LogP contribution is -2.32. The van der Waals surface area contributed by atoms with Crippen molar-refractivity contribution in [2.45, 2.75) is 13.3 Å². The smallest absolute Gasteiger partial charge is 0.238 e. The van der Waals surface area contributed by atoms with Gasteiger partial charge in [-0.15, -0.1) is 0 Å². The standard InChI is InChI=1S/C29H25NO3/c1-2-33-21-15-13-20(14-16-21)30-28(31)26-22-17-23(27(26)29(30)32)25(19-11-7-4-8-12-19)24(22)18-9-5-3-6-10-18/h3-16,22-23,26-27H,2,17H2,1H3/t22-,23-,26-,27?/m1/s1. The molecule has 2 fully saturated rings. The Balaban J connectivity index is 1.43. The minimum atomic E-state index is -0.295. The van der Waals surface area contributed by atoms with E-state index in [4.69, 9.17) is 4.74 Å². The van der Waals surface area contributed by atoms with Crippen molar-refractivity contribution in [3.05, 3.63) is 96.1 Å². The molecule has 6 rings (SSSR count). The van der Waals surface area contributed by atoms with Gasteiger partial charge in [0.15, 0.2) is 0 Å². The molecule has 33 heavy (non-hydrogen) atoms. The molecular weight excluding hydrogens is 410 g/mol. The van der Waals surface area contributed by atoms with Crippen molar-refractivity contribution in [2.75, 3.05) is 11.5 Å². The second-order valence-electron chi connectivity index (χ2n) is 9.00. The summed E-state index contributed by atoms with van der Waals surface area (Å²) in [6, 6.07) is 28.0. The molecule has 2 amide bonds. The zero-order chi connectivity index (χ0) is 22.5. The summed E-state index contributed by atoms with van der Waals surface area (Å²) in [5, 5.41) is 0. The number of hydrogen-bond donors (Lipinski definition) is 0. The molecule has 4 atom stereocenters. The SMILES string of the molecule is CCOc1ccc(N2C(=O)C3[C@@H]4C[C@H](C(c5ccccc5)=C4c4ccccc4)[C@H]3C2=O)cc1. The molecule has 2 bridgehead atoms. The second-order valence-corrected chi connectivity index (χ2v) is 9.00. The van der Waals surface area contributed by atoms with Crippen LogP contribution in [0.15, 0.2) is 84.9 Å². The summed E-state index contributed by atoms with van der Waals surface area (Å²) in [5.74, 6) is 0.126. The van der Waals surface area contributed by atoms with Gasteiger partial charge in [0.25, 0.3) is 0 Å². The average molecular weight is 436 g/mol. The molecule has 0 N–H and O–H groups in total. The van der Waals surface area contributed by atoms with Gasteiger partial charge in [-0.05, 0) is 71.7 Å². The van der Waals surface area contributed by atoms with Crippen LogP contribution in [-0.4, -0.2) is 18.4 Å². The van der Waals surface area contributed by atoms with Crippen LogP contribution in [0.25, 0.3) is 11.1 Å². The summed E-state index contributed by atoms with van der Waals surface area (Å²) in [7, 11) is 0. The van der Waals surface area contributed by atoms with Gasteiger partial charge in [-0.25, -0.2) is 0 Å². The average Bonchev–Trinajstić information content (AvgIpc) is 3.50. The van der Waals surface area contributed by atoms with Gasteiger partial charge < -0.3 is 4.74 Å². The molecule has 1 aliphatic heterocycles. The van der Waals surface area contributed by atoms with E-state index in [1.54, 1.807) is 0 Å². The Hall–Kier alpha value is -3.66. The highest BCUT2D eigenvalue weighted by molar-refractivity contribution is 6.24. The minimum Gasteiger partial charge on any atom is -0.494 e. The highest BCUT2D eigenvalue weighted by Crippen LogP contribution is 2.63. The lowest BCUT2D eigenvalue weighted by atomic mass is 9.73. The van der Waals surface area contributed by atoms with Gasteiger partial charge in [-0.3, -0.25) is 14.5 Å². The van der Waals surface area contributed by atoms with Gasteiger partial charge in [0.05, 0.1) is 24.1 Å². The van der Waals surface area contributed by atoms with E-state index in [-0.39, 0.29) is 35.5 Å². The Morgan fingerprint density at radius 3 is 1.67 bits per heavy atom. The van der Waals surface area contributed by atoms with E-state index < -0.39 is 0 Å². The molecule has 4 nitrogen and oxygen atoms in total. The van der Waals surface area contributed by atoms with Crippen LogP contribution in [0.2, 0.25) is 0 Å². The maximum absolute atomic E-state index is 13.7. The molecule has 1 saturated heterocycles. The molecule has 0 radical (unpaired) electrons. The minimum absolute atomic E-state index is 0.0572. The normalized spacial score (nSPS) is 25.7. The molecule has 164 valence electrons. The van der Waals surface area contributed by atoms with E-state index >= 15 is 0 Å². The second kappa shape index (κ2) is 7.73. The van der Waals surface area contributed by atoms with Crippen molar-refractivity contribution >= 4 is 28.6 Å². The van der Waals surface area contributed by atoms with Gasteiger partial charge in [-0.1, -0.05) is 60.7 Å². The van der Waals surface area contributed by atoms with E-state index in [2.05, 4.69) is 24.3 Å². The monoisotopic (exact) mass is 435 g/mol. The van der Waals surface area contributed by atoms with Gasteiger partial charge in [-0.2, -0.15) is 0 Å². The molecule has 2 aliphatic carbocycles. The first-order valence-corrected chi connectivity index (χ1v) is 11.6. The predicted octanol–water partition coefficient (Wildman–Crippen LogP) is 5.45. The molecule has 0 aromatic heterocycles. The molecular formula is C29H25NO3. The lowest BCUT2D eigenvalue weighted by Gasteiger charge is -2.27. The molecule has 1 heterocycles. The zero-order valence-corrected chi connectivity index (χ0v) is 18.5. The molecule has 1 unspecified atom stereocenters. The Kier molecular flexibility index (Phi) is 4.68. The third kappa shape index (κ3) is 2.97. The van der Waals surface area contributed by atoms with Crippen molar-refractivity contribution < 1.29 is 14.3 Å². The number of amides is 2. The molecule has 4 heteroatoms. The van der Waals surface area contributed by atoms with Crippen LogP contribution < -0.4 is 9.64 Å². The zero-order valence-electron chi connectivity index (χ0n) is 18.5. The van der Waals surface area contributed by atoms with E-state index in [1.807, 2.05) is 67.6 Å². The van der Waals surface area contributed by atoms with E-state index in [0.29, 0.717) is 12.3 Å². The third-order valence-corrected chi connectivity index (χ3v) is 7.38. The first-order valence-electron chi connectivity index (χ1n) is 11.6. The number of allylic oxidation sites excluding steroid dienone is 2. The summed E-state index contributed by atoms with van der Waals surface area (Å²) >= 11 is 0. The summed E-state index contributed by atoms with van der Waals surface area (Å²) in [6.45, 7) is 2.50. The number of anilines is 1. The fourth-order valence-corrected chi connectivity index (χ4v) is 6.21. The molecule has 3 aromatic carbocycles. The van der Waals surface area contributed by atoms with E-state index in [1.165, 1.54) is 16.0 Å². The van der Waals surface area contributed by atoms with Gasteiger partial charge in [0.1, 0.15) is 5.75 Å². The van der Waals surface area contributed by atoms with Gasteiger partial charge >= 0.3 is 0 Å². The number of rotatable bonds is 5. The number of carbonyl (C=O) groups excluding carboxylic acids is 2. The summed E-state index contributed by atoms with van der Waals surface area (Å²) in [4.78, 5) is 28.8. The van der Waals surface area contributed by atoms with E-state index in [0.717, 1.165) is 23.3 Å². The number of hydrogen-bond acceptors (Lipinski definition) is 3. The predicted molar refractivity (Wildman–Crippen MR) is 128 cm³/mol. The number of imide groups is 1. The summed E-state index contributed by atoms with van der Waals surface area (Å²) in [6.07, 6.45) is 0.860. The van der Waals surface area contributed by atoms with Crippen LogP contribution in [0.1, 0.15) is 24.5 Å². The van der Waals surface area contributed by atoms with Crippen LogP contribution in [0.3, 0.4) is 0 Å². The molecule has 0 spiro atoms. The third-order valence-electron chi connectivity index (χ3n) is 7.38. The number of benzene rings is 3. The van der Waals surface area contributed by atoms with Crippen LogP contribution in [0.4, 0.5) is 5.69 Å². The van der Waals surface area contributed by atoms with Crippen LogP contribution in [0, 0.1) is 23.7 Å². The number of fused-ring (bicyclic) bond motifs is 5. The fourth-order valence-electron chi connectivity index (χ4n) is 6.21. The first-order chi connectivity index (χ1) is 16.2. The van der Waals surface area contributed by atoms with Crippen molar-refractivity contribution in [1.29, 1.82) is 0 Å². The van der Waals surface area contributed by atoms with Gasteiger partial charge in [0, 0.05) is 0 Å². The molecule has 1 saturated carbocycles. The van der Waals surface area contributed by atoms with Crippen molar-refractivity contribution in [3.63, 3.8) is 0 Å². The molecule has 3 aromatic rings. The molecule has 3 aliphatic rings. The Labute approximate surface area is 193 Å². The van der Waals surface area contributed by atoms with Gasteiger partial charge in [0.2, 0.25) is 11.8 Å².